The minimum Gasteiger partial charge on any atom is -0.339 e. The summed E-state index contributed by atoms with van der Waals surface area (Å²) in [5, 5.41) is 3.21. The average molecular weight is 229 g/mol. The molecule has 14 heavy (non-hydrogen) atoms. The molecule has 0 radical (unpaired) electrons. The maximum absolute atomic E-state index is 11.9. The molecule has 0 fully saturated rings. The Hall–Kier alpha value is -0.780. The molecule has 7 heteroatoms. The monoisotopic (exact) mass is 228 g/mol. The highest BCUT2D eigenvalue weighted by molar-refractivity contribution is 6.17. The third kappa shape index (κ3) is 3.95. The van der Waals surface area contributed by atoms with Crippen LogP contribution in [0.15, 0.2) is 4.52 Å². The van der Waals surface area contributed by atoms with Gasteiger partial charge in [0.15, 0.2) is 5.82 Å². The number of hydrogen-bond acceptors (Lipinski definition) is 3. The predicted octanol–water partition coefficient (Wildman–Crippen LogP) is 2.35. The van der Waals surface area contributed by atoms with Gasteiger partial charge in [-0.05, 0) is 6.42 Å². The van der Waals surface area contributed by atoms with Crippen LogP contribution >= 0.6 is 11.6 Å². The van der Waals surface area contributed by atoms with Crippen LogP contribution in [0.5, 0.6) is 0 Å². The lowest BCUT2D eigenvalue weighted by Crippen LogP contribution is -2.12. The third-order valence-corrected chi connectivity index (χ3v) is 1.66. The normalized spacial score (nSPS) is 12.0. The largest absolute Gasteiger partial charge is 0.396 e. The fourth-order valence-electron chi connectivity index (χ4n) is 0.861. The van der Waals surface area contributed by atoms with Gasteiger partial charge in [-0.3, -0.25) is 0 Å². The van der Waals surface area contributed by atoms with E-state index in [0.717, 1.165) is 0 Å². The highest BCUT2D eigenvalue weighted by Gasteiger charge is 2.30. The molecular weight excluding hydrogens is 221 g/mol. The highest BCUT2D eigenvalue weighted by Crippen LogP contribution is 2.19. The van der Waals surface area contributed by atoms with Crippen molar-refractivity contribution in [2.75, 3.05) is 5.88 Å². The van der Waals surface area contributed by atoms with E-state index < -0.39 is 12.6 Å². The minimum absolute atomic E-state index is 0.199. The summed E-state index contributed by atoms with van der Waals surface area (Å²) in [6.07, 6.45) is -4.44. The molecule has 3 nitrogen and oxygen atoms in total. The molecule has 1 aromatic heterocycles. The molecule has 0 aliphatic heterocycles. The van der Waals surface area contributed by atoms with Gasteiger partial charge in [0.2, 0.25) is 5.89 Å². The zero-order valence-corrected chi connectivity index (χ0v) is 7.90. The summed E-state index contributed by atoms with van der Waals surface area (Å²) < 4.78 is 40.2. The Morgan fingerprint density at radius 1 is 1.36 bits per heavy atom. The Morgan fingerprint density at radius 3 is 2.64 bits per heavy atom. The minimum atomic E-state index is -4.30. The van der Waals surface area contributed by atoms with Crippen molar-refractivity contribution < 1.29 is 17.7 Å². The van der Waals surface area contributed by atoms with Crippen LogP contribution in [-0.4, -0.2) is 22.2 Å². The second kappa shape index (κ2) is 4.63. The summed E-state index contributed by atoms with van der Waals surface area (Å²) in [4.78, 5) is 3.58. The van der Waals surface area contributed by atoms with Gasteiger partial charge in [0.05, 0.1) is 0 Å². The molecular formula is C7H8ClF3N2O. The molecule has 80 valence electrons. The SMILES string of the molecule is FC(F)(F)Cc1noc(CCCCl)n1. The van der Waals surface area contributed by atoms with Crippen LogP contribution < -0.4 is 0 Å². The molecule has 0 atom stereocenters. The van der Waals surface area contributed by atoms with Gasteiger partial charge in [0.1, 0.15) is 6.42 Å². The number of rotatable bonds is 4. The van der Waals surface area contributed by atoms with Crippen LogP contribution in [0.1, 0.15) is 18.1 Å². The zero-order valence-electron chi connectivity index (χ0n) is 7.14. The van der Waals surface area contributed by atoms with Crippen molar-refractivity contribution in [1.29, 1.82) is 0 Å². The molecule has 0 unspecified atom stereocenters. The first-order valence-corrected chi connectivity index (χ1v) is 4.49. The van der Waals surface area contributed by atoms with E-state index >= 15 is 0 Å². The molecule has 0 aliphatic rings. The van der Waals surface area contributed by atoms with E-state index in [1.165, 1.54) is 0 Å². The predicted molar refractivity (Wildman–Crippen MR) is 43.1 cm³/mol. The first-order valence-electron chi connectivity index (χ1n) is 3.95. The number of aryl methyl sites for hydroxylation is 1. The van der Waals surface area contributed by atoms with Crippen molar-refractivity contribution in [3.63, 3.8) is 0 Å². The van der Waals surface area contributed by atoms with Crippen LogP contribution in [-0.2, 0) is 12.8 Å². The lowest BCUT2D eigenvalue weighted by molar-refractivity contribution is -0.128. The molecule has 0 saturated heterocycles. The fraction of sp³-hybridized carbons (Fsp3) is 0.714. The summed E-state index contributed by atoms with van der Waals surface area (Å²) in [6, 6.07) is 0. The molecule has 0 saturated carbocycles. The quantitative estimate of drug-likeness (QED) is 0.743. The molecule has 0 aliphatic carbocycles. The maximum atomic E-state index is 11.9. The molecule has 0 spiro atoms. The molecule has 1 heterocycles. The lowest BCUT2D eigenvalue weighted by atomic mass is 10.3. The van der Waals surface area contributed by atoms with E-state index in [9.17, 15) is 13.2 Å². The van der Waals surface area contributed by atoms with Gasteiger partial charge < -0.3 is 4.52 Å². The van der Waals surface area contributed by atoms with Gasteiger partial charge in [-0.25, -0.2) is 0 Å². The summed E-state index contributed by atoms with van der Waals surface area (Å²) in [5.74, 6) is 0.281. The maximum Gasteiger partial charge on any atom is 0.396 e. The Labute approximate surface area is 83.2 Å². The Kier molecular flexibility index (Phi) is 3.74. The molecule has 0 N–H and O–H groups in total. The van der Waals surface area contributed by atoms with E-state index in [0.29, 0.717) is 18.7 Å². The van der Waals surface area contributed by atoms with Crippen LogP contribution in [0.3, 0.4) is 0 Å². The van der Waals surface area contributed by atoms with Crippen molar-refractivity contribution in [3.05, 3.63) is 11.7 Å². The van der Waals surface area contributed by atoms with E-state index in [4.69, 9.17) is 11.6 Å². The number of halogens is 4. The van der Waals surface area contributed by atoms with Gasteiger partial charge in [-0.15, -0.1) is 11.6 Å². The Balaban J connectivity index is 2.51. The smallest absolute Gasteiger partial charge is 0.339 e. The van der Waals surface area contributed by atoms with Crippen LogP contribution in [0.4, 0.5) is 13.2 Å². The van der Waals surface area contributed by atoms with Crippen molar-refractivity contribution in [3.8, 4) is 0 Å². The number of hydrogen-bond donors (Lipinski definition) is 0. The summed E-state index contributed by atoms with van der Waals surface area (Å²) >= 11 is 5.39. The Morgan fingerprint density at radius 2 is 2.07 bits per heavy atom. The zero-order chi connectivity index (χ0) is 10.6. The molecule has 1 rings (SSSR count). The van der Waals surface area contributed by atoms with E-state index in [1.807, 2.05) is 0 Å². The van der Waals surface area contributed by atoms with Gasteiger partial charge in [-0.1, -0.05) is 5.16 Å². The summed E-state index contributed by atoms with van der Waals surface area (Å²) in [6.45, 7) is 0. The first kappa shape index (κ1) is 11.3. The van der Waals surface area contributed by atoms with Crippen molar-refractivity contribution >= 4 is 11.6 Å². The van der Waals surface area contributed by atoms with Gasteiger partial charge >= 0.3 is 6.18 Å². The number of nitrogens with zero attached hydrogens (tertiary/aromatic N) is 2. The fourth-order valence-corrected chi connectivity index (χ4v) is 0.994. The number of aromatic nitrogens is 2. The lowest BCUT2D eigenvalue weighted by Gasteiger charge is -1.99. The van der Waals surface area contributed by atoms with Crippen molar-refractivity contribution in [2.45, 2.75) is 25.4 Å². The van der Waals surface area contributed by atoms with Crippen molar-refractivity contribution in [2.24, 2.45) is 0 Å². The molecule has 1 aromatic rings. The molecule has 0 aromatic carbocycles. The van der Waals surface area contributed by atoms with Crippen LogP contribution in [0.2, 0.25) is 0 Å². The molecule has 0 amide bonds. The van der Waals surface area contributed by atoms with Crippen LogP contribution in [0.25, 0.3) is 0 Å². The summed E-state index contributed by atoms with van der Waals surface area (Å²) in [5.41, 5.74) is 0. The Bertz CT molecular complexity index is 287. The third-order valence-electron chi connectivity index (χ3n) is 1.39. The van der Waals surface area contributed by atoms with E-state index in [2.05, 4.69) is 14.7 Å². The standard InChI is InChI=1S/C7H8ClF3N2O/c8-3-1-2-6-12-5(13-14-6)4-7(9,10)11/h1-4H2. The number of alkyl halides is 4. The molecule has 0 bridgehead atoms. The average Bonchev–Trinajstić information content (AvgIpc) is 2.46. The highest BCUT2D eigenvalue weighted by atomic mass is 35.5. The first-order chi connectivity index (χ1) is 6.51. The second-order valence-corrected chi connectivity index (χ2v) is 3.07. The topological polar surface area (TPSA) is 38.9 Å². The van der Waals surface area contributed by atoms with Gasteiger partial charge in [0, 0.05) is 12.3 Å². The van der Waals surface area contributed by atoms with E-state index in [-0.39, 0.29) is 11.7 Å². The second-order valence-electron chi connectivity index (χ2n) is 2.69. The van der Waals surface area contributed by atoms with Gasteiger partial charge in [-0.2, -0.15) is 18.2 Å². The van der Waals surface area contributed by atoms with Crippen molar-refractivity contribution in [1.82, 2.24) is 10.1 Å². The van der Waals surface area contributed by atoms with Gasteiger partial charge in [0.25, 0.3) is 0 Å². The van der Waals surface area contributed by atoms with E-state index in [1.54, 1.807) is 0 Å². The summed E-state index contributed by atoms with van der Waals surface area (Å²) in [7, 11) is 0. The van der Waals surface area contributed by atoms with Crippen LogP contribution in [0, 0.1) is 0 Å².